The van der Waals surface area contributed by atoms with E-state index >= 15 is 0 Å². The number of rotatable bonds is 6. The average molecular weight is 305 g/mol. The summed E-state index contributed by atoms with van der Waals surface area (Å²) in [5.74, 6) is 0.444. The van der Waals surface area contributed by atoms with Crippen LogP contribution < -0.4 is 4.74 Å². The van der Waals surface area contributed by atoms with Crippen molar-refractivity contribution in [2.45, 2.75) is 32.1 Å². The normalized spacial score (nSPS) is 18.0. The van der Waals surface area contributed by atoms with Gasteiger partial charge in [0.2, 0.25) is 5.91 Å². The maximum absolute atomic E-state index is 12.4. The SMILES string of the molecule is COc1ccc(CC(=O)N2CCC[C@@H](CCC(=O)O)C2)cc1. The summed E-state index contributed by atoms with van der Waals surface area (Å²) in [5, 5.41) is 8.77. The predicted molar refractivity (Wildman–Crippen MR) is 82.9 cm³/mol. The van der Waals surface area contributed by atoms with Crippen molar-refractivity contribution in [2.24, 2.45) is 5.92 Å². The van der Waals surface area contributed by atoms with Crippen molar-refractivity contribution in [1.82, 2.24) is 4.90 Å². The van der Waals surface area contributed by atoms with Crippen molar-refractivity contribution >= 4 is 11.9 Å². The first-order valence-electron chi connectivity index (χ1n) is 7.71. The molecule has 0 saturated carbocycles. The number of methoxy groups -OCH3 is 1. The molecule has 5 nitrogen and oxygen atoms in total. The molecule has 1 atom stereocenters. The van der Waals surface area contributed by atoms with E-state index in [9.17, 15) is 9.59 Å². The zero-order valence-electron chi connectivity index (χ0n) is 13.0. The van der Waals surface area contributed by atoms with Crippen molar-refractivity contribution in [3.05, 3.63) is 29.8 Å². The van der Waals surface area contributed by atoms with E-state index in [1.165, 1.54) is 0 Å². The van der Waals surface area contributed by atoms with E-state index in [4.69, 9.17) is 9.84 Å². The first-order valence-corrected chi connectivity index (χ1v) is 7.71. The maximum atomic E-state index is 12.4. The second-order valence-electron chi connectivity index (χ2n) is 5.81. The third-order valence-electron chi connectivity index (χ3n) is 4.15. The van der Waals surface area contributed by atoms with E-state index in [-0.39, 0.29) is 12.3 Å². The Balaban J connectivity index is 1.86. The second kappa shape index (κ2) is 7.82. The molecule has 0 aliphatic carbocycles. The summed E-state index contributed by atoms with van der Waals surface area (Å²) in [4.78, 5) is 24.9. The highest BCUT2D eigenvalue weighted by Crippen LogP contribution is 2.22. The highest BCUT2D eigenvalue weighted by molar-refractivity contribution is 5.79. The monoisotopic (exact) mass is 305 g/mol. The van der Waals surface area contributed by atoms with Crippen molar-refractivity contribution in [1.29, 1.82) is 0 Å². The van der Waals surface area contributed by atoms with Gasteiger partial charge < -0.3 is 14.7 Å². The summed E-state index contributed by atoms with van der Waals surface area (Å²) in [5.41, 5.74) is 0.971. The molecule has 5 heteroatoms. The number of ether oxygens (including phenoxy) is 1. The molecule has 0 radical (unpaired) electrons. The molecule has 1 aromatic carbocycles. The molecule has 1 amide bonds. The van der Waals surface area contributed by atoms with E-state index in [2.05, 4.69) is 0 Å². The first kappa shape index (κ1) is 16.3. The van der Waals surface area contributed by atoms with Gasteiger partial charge in [-0.25, -0.2) is 0 Å². The number of carbonyl (C=O) groups excluding carboxylic acids is 1. The lowest BCUT2D eigenvalue weighted by molar-refractivity contribution is -0.137. The summed E-state index contributed by atoms with van der Waals surface area (Å²) >= 11 is 0. The molecule has 0 spiro atoms. The molecule has 1 aliphatic heterocycles. The van der Waals surface area contributed by atoms with E-state index in [0.717, 1.165) is 30.7 Å². The van der Waals surface area contributed by atoms with Crippen LogP contribution >= 0.6 is 0 Å². The fourth-order valence-electron chi connectivity index (χ4n) is 2.88. The average Bonchev–Trinajstić information content (AvgIpc) is 2.54. The number of nitrogens with zero attached hydrogens (tertiary/aromatic N) is 1. The van der Waals surface area contributed by atoms with Gasteiger partial charge in [0.1, 0.15) is 5.75 Å². The molecular formula is C17H23NO4. The molecule has 1 aliphatic rings. The van der Waals surface area contributed by atoms with E-state index in [0.29, 0.717) is 25.3 Å². The molecule has 1 saturated heterocycles. The first-order chi connectivity index (χ1) is 10.6. The van der Waals surface area contributed by atoms with Crippen LogP contribution in [0.2, 0.25) is 0 Å². The summed E-state index contributed by atoms with van der Waals surface area (Å²) in [6.45, 7) is 1.46. The van der Waals surface area contributed by atoms with Crippen molar-refractivity contribution in [2.75, 3.05) is 20.2 Å². The van der Waals surface area contributed by atoms with Crippen molar-refractivity contribution in [3.8, 4) is 5.75 Å². The van der Waals surface area contributed by atoms with Crippen LogP contribution in [0.4, 0.5) is 0 Å². The van der Waals surface area contributed by atoms with Gasteiger partial charge in [-0.05, 0) is 42.9 Å². The predicted octanol–water partition coefficient (Wildman–Crippen LogP) is 2.34. The summed E-state index contributed by atoms with van der Waals surface area (Å²) in [6, 6.07) is 7.52. The van der Waals surface area contributed by atoms with Crippen LogP contribution in [0.1, 0.15) is 31.2 Å². The third-order valence-corrected chi connectivity index (χ3v) is 4.15. The minimum absolute atomic E-state index is 0.116. The van der Waals surface area contributed by atoms with Gasteiger partial charge in [0.15, 0.2) is 0 Å². The topological polar surface area (TPSA) is 66.8 Å². The number of piperidine rings is 1. The zero-order chi connectivity index (χ0) is 15.9. The maximum Gasteiger partial charge on any atom is 0.303 e. The van der Waals surface area contributed by atoms with Crippen LogP contribution in [0.15, 0.2) is 24.3 Å². The lowest BCUT2D eigenvalue weighted by Crippen LogP contribution is -2.40. The fraction of sp³-hybridized carbons (Fsp3) is 0.529. The molecule has 22 heavy (non-hydrogen) atoms. The largest absolute Gasteiger partial charge is 0.497 e. The Morgan fingerprint density at radius 1 is 1.32 bits per heavy atom. The van der Waals surface area contributed by atoms with E-state index in [1.54, 1.807) is 7.11 Å². The molecule has 1 N–H and O–H groups in total. The molecule has 120 valence electrons. The number of hydrogen-bond acceptors (Lipinski definition) is 3. The highest BCUT2D eigenvalue weighted by atomic mass is 16.5. The van der Waals surface area contributed by atoms with Gasteiger partial charge in [-0.1, -0.05) is 12.1 Å². The van der Waals surface area contributed by atoms with Crippen molar-refractivity contribution in [3.63, 3.8) is 0 Å². The lowest BCUT2D eigenvalue weighted by atomic mass is 9.93. The second-order valence-corrected chi connectivity index (χ2v) is 5.81. The molecule has 1 aromatic rings. The van der Waals surface area contributed by atoms with Crippen LogP contribution in [0.5, 0.6) is 5.75 Å². The van der Waals surface area contributed by atoms with Gasteiger partial charge in [-0.15, -0.1) is 0 Å². The zero-order valence-corrected chi connectivity index (χ0v) is 13.0. The molecule has 1 heterocycles. The van der Waals surface area contributed by atoms with Crippen LogP contribution in [-0.4, -0.2) is 42.1 Å². The van der Waals surface area contributed by atoms with E-state index < -0.39 is 5.97 Å². The minimum atomic E-state index is -0.762. The van der Waals surface area contributed by atoms with Gasteiger partial charge in [-0.2, -0.15) is 0 Å². The Labute approximate surface area is 130 Å². The van der Waals surface area contributed by atoms with Crippen molar-refractivity contribution < 1.29 is 19.4 Å². The summed E-state index contributed by atoms with van der Waals surface area (Å²) in [6.07, 6.45) is 3.20. The quantitative estimate of drug-likeness (QED) is 0.876. The lowest BCUT2D eigenvalue weighted by Gasteiger charge is -2.32. The molecule has 0 unspecified atom stereocenters. The Bertz CT molecular complexity index is 512. The number of hydrogen-bond donors (Lipinski definition) is 1. The van der Waals surface area contributed by atoms with Gasteiger partial charge in [0.25, 0.3) is 0 Å². The molecule has 1 fully saturated rings. The Hall–Kier alpha value is -2.04. The smallest absolute Gasteiger partial charge is 0.303 e. The van der Waals surface area contributed by atoms with E-state index in [1.807, 2.05) is 29.2 Å². The number of likely N-dealkylation sites (tertiary alicyclic amines) is 1. The summed E-state index contributed by atoms with van der Waals surface area (Å²) < 4.78 is 5.11. The summed E-state index contributed by atoms with van der Waals surface area (Å²) in [7, 11) is 1.62. The fourth-order valence-corrected chi connectivity index (χ4v) is 2.88. The van der Waals surface area contributed by atoms with Gasteiger partial charge >= 0.3 is 5.97 Å². The number of carbonyl (C=O) groups is 2. The highest BCUT2D eigenvalue weighted by Gasteiger charge is 2.24. The Morgan fingerprint density at radius 3 is 2.68 bits per heavy atom. The number of carboxylic acids is 1. The standard InChI is InChI=1S/C17H23NO4/c1-22-15-7-4-13(5-8-15)11-16(19)18-10-2-3-14(12-18)6-9-17(20)21/h4-5,7-8,14H,2-3,6,9-12H2,1H3,(H,20,21)/t14-/m0/s1. The number of benzene rings is 1. The van der Waals surface area contributed by atoms with Gasteiger partial charge in [0.05, 0.1) is 13.5 Å². The van der Waals surface area contributed by atoms with Crippen LogP contribution in [0.25, 0.3) is 0 Å². The number of amides is 1. The minimum Gasteiger partial charge on any atom is -0.497 e. The number of carboxylic acid groups (broad SMARTS) is 1. The van der Waals surface area contributed by atoms with Crippen LogP contribution in [0.3, 0.4) is 0 Å². The molecular weight excluding hydrogens is 282 g/mol. The molecule has 0 bridgehead atoms. The molecule has 0 aromatic heterocycles. The molecule has 2 rings (SSSR count). The van der Waals surface area contributed by atoms with Crippen LogP contribution in [0, 0.1) is 5.92 Å². The van der Waals surface area contributed by atoms with Crippen LogP contribution in [-0.2, 0) is 16.0 Å². The Kier molecular flexibility index (Phi) is 5.81. The number of aliphatic carboxylic acids is 1. The van der Waals surface area contributed by atoms with Gasteiger partial charge in [0, 0.05) is 19.5 Å². The Morgan fingerprint density at radius 2 is 2.05 bits per heavy atom. The van der Waals surface area contributed by atoms with Gasteiger partial charge in [-0.3, -0.25) is 9.59 Å². The third kappa shape index (κ3) is 4.76.